The number of nitrogen functional groups attached to an aromatic ring is 1. The highest BCUT2D eigenvalue weighted by Gasteiger charge is 2.41. The molecule has 2 saturated heterocycles. The van der Waals surface area contributed by atoms with Crippen molar-refractivity contribution in [3.8, 4) is 0 Å². The van der Waals surface area contributed by atoms with Gasteiger partial charge < -0.3 is 20.5 Å². The van der Waals surface area contributed by atoms with Crippen LogP contribution in [0.25, 0.3) is 0 Å². The van der Waals surface area contributed by atoms with Gasteiger partial charge in [0.15, 0.2) is 5.82 Å². The van der Waals surface area contributed by atoms with Crippen LogP contribution in [0.3, 0.4) is 0 Å². The van der Waals surface area contributed by atoms with Crippen LogP contribution in [0.2, 0.25) is 0 Å². The number of carbonyl (C=O) groups is 1. The molecule has 21 heavy (non-hydrogen) atoms. The molecule has 2 fully saturated rings. The third-order valence-electron chi connectivity index (χ3n) is 4.42. The number of carbonyl (C=O) groups excluding carboxylic acids is 1. The van der Waals surface area contributed by atoms with Gasteiger partial charge in [-0.3, -0.25) is 0 Å². The molecule has 0 aliphatic carbocycles. The van der Waals surface area contributed by atoms with E-state index in [-0.39, 0.29) is 18.2 Å². The first-order chi connectivity index (χ1) is 10.1. The second kappa shape index (κ2) is 5.52. The molecule has 2 aliphatic rings. The molecule has 2 atom stereocenters. The molecule has 1 aromatic rings. The quantitative estimate of drug-likeness (QED) is 0.817. The van der Waals surface area contributed by atoms with Gasteiger partial charge in [-0.2, -0.15) is 0 Å². The Morgan fingerprint density at radius 1 is 1.48 bits per heavy atom. The summed E-state index contributed by atoms with van der Waals surface area (Å²) in [5, 5.41) is 9.88. The van der Waals surface area contributed by atoms with Gasteiger partial charge in [0.25, 0.3) is 0 Å². The van der Waals surface area contributed by atoms with E-state index in [1.54, 1.807) is 19.2 Å². The second-order valence-corrected chi connectivity index (χ2v) is 5.73. The van der Waals surface area contributed by atoms with Crippen LogP contribution in [0.4, 0.5) is 11.5 Å². The number of rotatable bonds is 3. The van der Waals surface area contributed by atoms with Crippen LogP contribution in [-0.4, -0.2) is 40.9 Å². The number of nitrogens with zero attached hydrogens (tertiary/aromatic N) is 2. The highest BCUT2D eigenvalue weighted by Crippen LogP contribution is 2.41. The maximum Gasteiger partial charge on any atom is 0.340 e. The molecule has 0 saturated carbocycles. The van der Waals surface area contributed by atoms with Crippen LogP contribution in [0, 0.1) is 0 Å². The van der Waals surface area contributed by atoms with E-state index in [2.05, 4.69) is 9.88 Å². The largest absolute Gasteiger partial charge is 0.462 e. The molecule has 0 radical (unpaired) electrons. The molecule has 2 bridgehead atoms. The maximum absolute atomic E-state index is 11.9. The number of ether oxygens (including phenoxy) is 1. The van der Waals surface area contributed by atoms with Gasteiger partial charge in [0.2, 0.25) is 0 Å². The summed E-state index contributed by atoms with van der Waals surface area (Å²) in [6, 6.07) is 2.11. The van der Waals surface area contributed by atoms with Crippen molar-refractivity contribution in [3.05, 3.63) is 17.8 Å². The van der Waals surface area contributed by atoms with Crippen LogP contribution < -0.4 is 10.6 Å². The Balaban J connectivity index is 1.93. The van der Waals surface area contributed by atoms with Gasteiger partial charge in [0.05, 0.1) is 24.0 Å². The third-order valence-corrected chi connectivity index (χ3v) is 4.42. The lowest BCUT2D eigenvalue weighted by atomic mass is 9.99. The highest BCUT2D eigenvalue weighted by atomic mass is 16.5. The highest BCUT2D eigenvalue weighted by molar-refractivity contribution is 5.97. The van der Waals surface area contributed by atoms with Crippen LogP contribution in [-0.2, 0) is 4.74 Å². The Morgan fingerprint density at radius 2 is 2.14 bits per heavy atom. The molecular formula is C15H21N3O3. The fourth-order valence-electron chi connectivity index (χ4n) is 3.55. The summed E-state index contributed by atoms with van der Waals surface area (Å²) in [6.45, 7) is 2.08. The molecule has 6 heteroatoms. The zero-order chi connectivity index (χ0) is 15.0. The summed E-state index contributed by atoms with van der Waals surface area (Å²) in [5.74, 6) is 0.239. The molecule has 3 heterocycles. The minimum Gasteiger partial charge on any atom is -0.462 e. The molecule has 6 nitrogen and oxygen atoms in total. The smallest absolute Gasteiger partial charge is 0.340 e. The van der Waals surface area contributed by atoms with E-state index >= 15 is 0 Å². The maximum atomic E-state index is 11.9. The molecule has 0 amide bonds. The number of esters is 1. The minimum atomic E-state index is -0.414. The third kappa shape index (κ3) is 2.44. The minimum absolute atomic E-state index is 0.242. The van der Waals surface area contributed by atoms with Gasteiger partial charge in [-0.1, -0.05) is 0 Å². The molecule has 0 aromatic carbocycles. The lowest BCUT2D eigenvalue weighted by molar-refractivity contribution is 0.0527. The molecule has 1 aromatic heterocycles. The number of aliphatic hydroxyl groups is 1. The summed E-state index contributed by atoms with van der Waals surface area (Å²) >= 11 is 0. The number of fused-ring (bicyclic) bond motifs is 2. The van der Waals surface area contributed by atoms with Crippen LogP contribution >= 0.6 is 0 Å². The number of piperidine rings is 1. The summed E-state index contributed by atoms with van der Waals surface area (Å²) in [5.41, 5.74) is 6.91. The van der Waals surface area contributed by atoms with E-state index in [4.69, 9.17) is 10.5 Å². The van der Waals surface area contributed by atoms with Crippen LogP contribution in [0.5, 0.6) is 0 Å². The second-order valence-electron chi connectivity index (χ2n) is 5.73. The fourth-order valence-corrected chi connectivity index (χ4v) is 3.55. The van der Waals surface area contributed by atoms with Crippen molar-refractivity contribution in [2.45, 2.75) is 50.8 Å². The van der Waals surface area contributed by atoms with E-state index in [0.717, 1.165) is 25.7 Å². The molecule has 2 aliphatic heterocycles. The normalized spacial score (nSPS) is 27.7. The monoisotopic (exact) mass is 291 g/mol. The standard InChI is InChI=1S/C15H21N3O3/c1-2-21-15(20)12-5-6-17-14(13(12)16)18-9-3-4-10(18)8-11(19)7-9/h5-6,9-11,19H,2-4,7-8,16H2,1H3. The molecule has 114 valence electrons. The topological polar surface area (TPSA) is 88.7 Å². The van der Waals surface area contributed by atoms with E-state index in [0.29, 0.717) is 23.7 Å². The van der Waals surface area contributed by atoms with Gasteiger partial charge in [-0.15, -0.1) is 0 Å². The average molecular weight is 291 g/mol. The zero-order valence-electron chi connectivity index (χ0n) is 12.2. The predicted molar refractivity (Wildman–Crippen MR) is 79.1 cm³/mol. The van der Waals surface area contributed by atoms with Gasteiger partial charge in [-0.05, 0) is 38.7 Å². The molecule has 3 rings (SSSR count). The van der Waals surface area contributed by atoms with Gasteiger partial charge >= 0.3 is 5.97 Å². The van der Waals surface area contributed by atoms with E-state index < -0.39 is 5.97 Å². The fraction of sp³-hybridized carbons (Fsp3) is 0.600. The Hall–Kier alpha value is -1.82. The SMILES string of the molecule is CCOC(=O)c1ccnc(N2C3CCC2CC(O)C3)c1N. The number of aliphatic hydroxyl groups excluding tert-OH is 1. The number of hydrogen-bond donors (Lipinski definition) is 2. The van der Waals surface area contributed by atoms with Crippen molar-refractivity contribution in [1.82, 2.24) is 4.98 Å². The summed E-state index contributed by atoms with van der Waals surface area (Å²) in [7, 11) is 0. The van der Waals surface area contributed by atoms with Crippen LogP contribution in [0.15, 0.2) is 12.3 Å². The van der Waals surface area contributed by atoms with E-state index in [1.807, 2.05) is 0 Å². The predicted octanol–water partition coefficient (Wildman–Crippen LogP) is 1.33. The first kappa shape index (κ1) is 14.1. The van der Waals surface area contributed by atoms with Crippen molar-refractivity contribution in [1.29, 1.82) is 0 Å². The summed E-state index contributed by atoms with van der Waals surface area (Å²) in [4.78, 5) is 18.5. The molecule has 2 unspecified atom stereocenters. The van der Waals surface area contributed by atoms with Crippen molar-refractivity contribution in [2.24, 2.45) is 0 Å². The number of hydrogen-bond acceptors (Lipinski definition) is 6. The summed E-state index contributed by atoms with van der Waals surface area (Å²) < 4.78 is 5.03. The van der Waals surface area contributed by atoms with Crippen LogP contribution in [0.1, 0.15) is 43.0 Å². The Labute approximate surface area is 123 Å². The molecular weight excluding hydrogens is 270 g/mol. The van der Waals surface area contributed by atoms with E-state index in [9.17, 15) is 9.90 Å². The first-order valence-electron chi connectivity index (χ1n) is 7.49. The average Bonchev–Trinajstić information content (AvgIpc) is 2.71. The van der Waals surface area contributed by atoms with Crippen molar-refractivity contribution < 1.29 is 14.6 Å². The van der Waals surface area contributed by atoms with Crippen molar-refractivity contribution in [2.75, 3.05) is 17.2 Å². The number of anilines is 2. The Morgan fingerprint density at radius 3 is 2.76 bits per heavy atom. The van der Waals surface area contributed by atoms with Gasteiger partial charge in [0.1, 0.15) is 0 Å². The first-order valence-corrected chi connectivity index (χ1v) is 7.49. The number of nitrogens with two attached hydrogens (primary N) is 1. The molecule has 0 spiro atoms. The Kier molecular flexibility index (Phi) is 3.71. The zero-order valence-corrected chi connectivity index (χ0v) is 12.2. The van der Waals surface area contributed by atoms with E-state index in [1.165, 1.54) is 0 Å². The van der Waals surface area contributed by atoms with Gasteiger partial charge in [-0.25, -0.2) is 9.78 Å². The Bertz CT molecular complexity index is 535. The lowest BCUT2D eigenvalue weighted by Crippen LogP contribution is -2.45. The van der Waals surface area contributed by atoms with Crippen molar-refractivity contribution in [3.63, 3.8) is 0 Å². The summed E-state index contributed by atoms with van der Waals surface area (Å²) in [6.07, 6.45) is 4.90. The molecule has 3 N–H and O–H groups in total. The number of pyridine rings is 1. The van der Waals surface area contributed by atoms with Gasteiger partial charge in [0, 0.05) is 18.3 Å². The van der Waals surface area contributed by atoms with Crippen molar-refractivity contribution >= 4 is 17.5 Å². The number of aromatic nitrogens is 1. The lowest BCUT2D eigenvalue weighted by Gasteiger charge is -2.38.